The van der Waals surface area contributed by atoms with E-state index >= 15 is 0 Å². The Labute approximate surface area is 247 Å². The summed E-state index contributed by atoms with van der Waals surface area (Å²) in [6.07, 6.45) is 3.02. The van der Waals surface area contributed by atoms with Crippen LogP contribution in [-0.4, -0.2) is 16.0 Å². The number of benzene rings is 4. The molecular formula is C34H28BrN3OS. The van der Waals surface area contributed by atoms with Crippen LogP contribution in [0.1, 0.15) is 18.1 Å². The molecule has 5 aromatic rings. The number of nitrogens with one attached hydrogen (secondary N) is 2. The molecule has 1 atom stereocenters. The fourth-order valence-electron chi connectivity index (χ4n) is 4.91. The molecule has 4 aromatic carbocycles. The molecule has 0 saturated carbocycles. The van der Waals surface area contributed by atoms with Crippen molar-refractivity contribution in [3.05, 3.63) is 136 Å². The quantitative estimate of drug-likeness (QED) is 0.182. The summed E-state index contributed by atoms with van der Waals surface area (Å²) in [6.45, 7) is 2.14. The van der Waals surface area contributed by atoms with Crippen LogP contribution < -0.4 is 10.6 Å². The predicted octanol–water partition coefficient (Wildman–Crippen LogP) is 8.74. The van der Waals surface area contributed by atoms with Gasteiger partial charge in [-0.3, -0.25) is 4.79 Å². The third kappa shape index (κ3) is 5.51. The zero-order valence-electron chi connectivity index (χ0n) is 22.0. The average molecular weight is 607 g/mol. The lowest BCUT2D eigenvalue weighted by atomic mass is 10.1. The van der Waals surface area contributed by atoms with E-state index in [4.69, 9.17) is 0 Å². The SMILES string of the molecule is CCc1ccc(N[C@H]2NC(=O)/C(=C\c3cc(-c4ccccc4)n(-c4ccc(Br)cc4)c3-c3ccccc3)S2)cc1. The Morgan fingerprint density at radius 1 is 0.875 bits per heavy atom. The van der Waals surface area contributed by atoms with Gasteiger partial charge in [-0.15, -0.1) is 0 Å². The fourth-order valence-corrected chi connectivity index (χ4v) is 6.15. The van der Waals surface area contributed by atoms with Crippen molar-refractivity contribution in [2.24, 2.45) is 0 Å². The maximum absolute atomic E-state index is 13.1. The monoisotopic (exact) mass is 605 g/mol. The van der Waals surface area contributed by atoms with Gasteiger partial charge in [-0.25, -0.2) is 0 Å². The lowest BCUT2D eigenvalue weighted by Gasteiger charge is -2.15. The van der Waals surface area contributed by atoms with Crippen LogP contribution >= 0.6 is 27.7 Å². The van der Waals surface area contributed by atoms with Crippen molar-refractivity contribution < 1.29 is 4.79 Å². The highest BCUT2D eigenvalue weighted by Crippen LogP contribution is 2.39. The Morgan fingerprint density at radius 3 is 2.17 bits per heavy atom. The van der Waals surface area contributed by atoms with Gasteiger partial charge in [0.25, 0.3) is 5.91 Å². The highest BCUT2D eigenvalue weighted by molar-refractivity contribution is 9.10. The van der Waals surface area contributed by atoms with Crippen molar-refractivity contribution in [1.29, 1.82) is 0 Å². The van der Waals surface area contributed by atoms with Gasteiger partial charge in [-0.1, -0.05) is 107 Å². The van der Waals surface area contributed by atoms with Gasteiger partial charge in [0.15, 0.2) is 5.50 Å². The molecule has 6 rings (SSSR count). The first-order chi connectivity index (χ1) is 19.6. The highest BCUT2D eigenvalue weighted by atomic mass is 79.9. The first-order valence-electron chi connectivity index (χ1n) is 13.3. The molecule has 1 aromatic heterocycles. The van der Waals surface area contributed by atoms with Crippen LogP contribution in [0.4, 0.5) is 5.69 Å². The molecule has 2 N–H and O–H groups in total. The van der Waals surface area contributed by atoms with Gasteiger partial charge in [0.1, 0.15) is 0 Å². The molecule has 0 radical (unpaired) electrons. The summed E-state index contributed by atoms with van der Waals surface area (Å²) >= 11 is 5.08. The maximum Gasteiger partial charge on any atom is 0.260 e. The van der Waals surface area contributed by atoms with Crippen molar-refractivity contribution >= 4 is 45.4 Å². The number of rotatable bonds is 7. The van der Waals surface area contributed by atoms with E-state index in [1.807, 2.05) is 30.3 Å². The number of thioether (sulfide) groups is 1. The second kappa shape index (κ2) is 11.6. The molecule has 2 heterocycles. The third-order valence-corrected chi connectivity index (χ3v) is 8.47. The Balaban J connectivity index is 1.45. The predicted molar refractivity (Wildman–Crippen MR) is 171 cm³/mol. The average Bonchev–Trinajstić information content (AvgIpc) is 3.54. The normalized spacial score (nSPS) is 15.8. The smallest absolute Gasteiger partial charge is 0.260 e. The van der Waals surface area contributed by atoms with Crippen LogP contribution in [0.15, 0.2) is 125 Å². The molecule has 0 spiro atoms. The minimum absolute atomic E-state index is 0.0793. The molecule has 0 aliphatic carbocycles. The Morgan fingerprint density at radius 2 is 1.52 bits per heavy atom. The molecule has 1 aliphatic heterocycles. The summed E-state index contributed by atoms with van der Waals surface area (Å²) in [5, 5.41) is 6.52. The molecule has 4 nitrogen and oxygen atoms in total. The Hall–Kier alpha value is -4.00. The molecule has 40 heavy (non-hydrogen) atoms. The molecule has 198 valence electrons. The Kier molecular flexibility index (Phi) is 7.62. The van der Waals surface area contributed by atoms with Crippen molar-refractivity contribution in [2.75, 3.05) is 5.32 Å². The molecule has 6 heteroatoms. The summed E-state index contributed by atoms with van der Waals surface area (Å²) in [4.78, 5) is 13.8. The summed E-state index contributed by atoms with van der Waals surface area (Å²) in [6, 6.07) is 39.6. The number of aromatic nitrogens is 1. The molecule has 1 saturated heterocycles. The number of hydrogen-bond acceptors (Lipinski definition) is 3. The van der Waals surface area contributed by atoms with Gasteiger partial charge < -0.3 is 15.2 Å². The standard InChI is InChI=1S/C34H28BrN3OS/c1-2-23-13-17-28(18-14-23)36-34-37-33(39)31(40-34)22-26-21-30(24-9-5-3-6-10-24)38(29-19-15-27(35)16-20-29)32(26)25-11-7-4-8-12-25/h3-22,34,36H,2H2,1H3,(H,37,39)/b31-22+/t34-/m0/s1. The van der Waals surface area contributed by atoms with E-state index in [0.29, 0.717) is 4.91 Å². The molecular weight excluding hydrogens is 578 g/mol. The number of carbonyl (C=O) groups is 1. The largest absolute Gasteiger partial charge is 0.357 e. The van der Waals surface area contributed by atoms with Crippen LogP contribution in [0.3, 0.4) is 0 Å². The maximum atomic E-state index is 13.1. The van der Waals surface area contributed by atoms with Gasteiger partial charge in [-0.2, -0.15) is 0 Å². The number of halogens is 1. The van der Waals surface area contributed by atoms with Crippen molar-refractivity contribution in [1.82, 2.24) is 9.88 Å². The highest BCUT2D eigenvalue weighted by Gasteiger charge is 2.28. The van der Waals surface area contributed by atoms with Crippen molar-refractivity contribution in [3.63, 3.8) is 0 Å². The van der Waals surface area contributed by atoms with Crippen molar-refractivity contribution in [2.45, 2.75) is 18.8 Å². The number of carbonyl (C=O) groups excluding carboxylic acids is 1. The third-order valence-electron chi connectivity index (χ3n) is 6.91. The van der Waals surface area contributed by atoms with Gasteiger partial charge in [-0.05, 0) is 71.7 Å². The van der Waals surface area contributed by atoms with Gasteiger partial charge in [0.2, 0.25) is 0 Å². The topological polar surface area (TPSA) is 46.1 Å². The molecule has 1 fully saturated rings. The van der Waals surface area contributed by atoms with E-state index in [9.17, 15) is 4.79 Å². The first kappa shape index (κ1) is 26.2. The van der Waals surface area contributed by atoms with Gasteiger partial charge in [0.05, 0.1) is 16.3 Å². The van der Waals surface area contributed by atoms with Gasteiger partial charge in [0, 0.05) is 21.4 Å². The van der Waals surface area contributed by atoms with Crippen LogP contribution in [0.25, 0.3) is 34.3 Å². The van der Waals surface area contributed by atoms with E-state index in [-0.39, 0.29) is 11.4 Å². The molecule has 0 unspecified atom stereocenters. The summed E-state index contributed by atoms with van der Waals surface area (Å²) in [5.41, 5.74) is 8.33. The number of anilines is 1. The lowest BCUT2D eigenvalue weighted by molar-refractivity contribution is -0.116. The van der Waals surface area contributed by atoms with Gasteiger partial charge >= 0.3 is 0 Å². The summed E-state index contributed by atoms with van der Waals surface area (Å²) in [7, 11) is 0. The fraction of sp³-hybridized carbons (Fsp3) is 0.0882. The summed E-state index contributed by atoms with van der Waals surface area (Å²) < 4.78 is 3.31. The zero-order valence-corrected chi connectivity index (χ0v) is 24.4. The minimum Gasteiger partial charge on any atom is -0.357 e. The van der Waals surface area contributed by atoms with Crippen LogP contribution in [0, 0.1) is 0 Å². The molecule has 1 amide bonds. The number of amides is 1. The number of hydrogen-bond donors (Lipinski definition) is 2. The second-order valence-corrected chi connectivity index (χ2v) is 11.6. The molecule has 1 aliphatic rings. The second-order valence-electron chi connectivity index (χ2n) is 9.55. The van der Waals surface area contributed by atoms with E-state index in [1.165, 1.54) is 17.3 Å². The van der Waals surface area contributed by atoms with Crippen molar-refractivity contribution in [3.8, 4) is 28.2 Å². The van der Waals surface area contributed by atoms with Crippen LogP contribution in [-0.2, 0) is 11.2 Å². The number of nitrogens with zero attached hydrogens (tertiary/aromatic N) is 1. The van der Waals surface area contributed by atoms with Crippen LogP contribution in [0.2, 0.25) is 0 Å². The first-order valence-corrected chi connectivity index (χ1v) is 14.9. The van der Waals surface area contributed by atoms with E-state index in [2.05, 4.69) is 129 Å². The number of aryl methyl sites for hydroxylation is 1. The van der Waals surface area contributed by atoms with E-state index in [0.717, 1.165) is 50.3 Å². The lowest BCUT2D eigenvalue weighted by Crippen LogP contribution is -2.30. The zero-order chi connectivity index (χ0) is 27.5. The minimum atomic E-state index is -0.242. The molecule has 0 bridgehead atoms. The van der Waals surface area contributed by atoms with E-state index in [1.54, 1.807) is 0 Å². The van der Waals surface area contributed by atoms with E-state index < -0.39 is 0 Å². The summed E-state index contributed by atoms with van der Waals surface area (Å²) in [5.74, 6) is -0.0793. The Bertz CT molecular complexity index is 1660. The van der Waals surface area contributed by atoms with Crippen LogP contribution in [0.5, 0.6) is 0 Å².